The summed E-state index contributed by atoms with van der Waals surface area (Å²) in [6.07, 6.45) is 7.43. The van der Waals surface area contributed by atoms with Crippen LogP contribution in [0.1, 0.15) is 52.4 Å². The SMILES string of the molecule is CC(C)CCCCCCCSP(O)(O)=S. The third-order valence-corrected chi connectivity index (χ3v) is 5.50. The fraction of sp³-hybridized carbons (Fsp3) is 1.00. The second-order valence-corrected chi connectivity index (χ2v) is 10.4. The van der Waals surface area contributed by atoms with Crippen LogP contribution in [0.25, 0.3) is 0 Å². The maximum atomic E-state index is 8.96. The van der Waals surface area contributed by atoms with Crippen molar-refractivity contribution in [2.24, 2.45) is 5.92 Å². The molecular weight excluding hydrogens is 247 g/mol. The van der Waals surface area contributed by atoms with E-state index < -0.39 is 5.69 Å². The van der Waals surface area contributed by atoms with E-state index >= 15 is 0 Å². The molecule has 0 aliphatic heterocycles. The molecule has 0 aliphatic rings. The Morgan fingerprint density at radius 3 is 2.13 bits per heavy atom. The molecule has 0 saturated heterocycles. The van der Waals surface area contributed by atoms with Crippen LogP contribution in [0.4, 0.5) is 0 Å². The third kappa shape index (κ3) is 14.9. The van der Waals surface area contributed by atoms with Crippen molar-refractivity contribution in [3.63, 3.8) is 0 Å². The Balaban J connectivity index is 3.09. The molecule has 0 unspecified atom stereocenters. The van der Waals surface area contributed by atoms with Crippen LogP contribution >= 0.6 is 17.1 Å². The van der Waals surface area contributed by atoms with E-state index in [0.717, 1.165) is 29.5 Å². The molecule has 92 valence electrons. The second-order valence-electron chi connectivity index (χ2n) is 4.27. The molecule has 15 heavy (non-hydrogen) atoms. The van der Waals surface area contributed by atoms with E-state index in [4.69, 9.17) is 9.79 Å². The maximum Gasteiger partial charge on any atom is 0.242 e. The van der Waals surface area contributed by atoms with E-state index in [1.165, 1.54) is 32.1 Å². The standard InChI is InChI=1S/C10H23O2PS2/c1-10(2)8-6-4-3-5-7-9-15-13(11,12)14/h10H,3-9H2,1-2H3,(H2,11,12,14). The molecule has 5 heteroatoms. The molecule has 0 aromatic carbocycles. The van der Waals surface area contributed by atoms with Crippen molar-refractivity contribution < 1.29 is 9.79 Å². The fourth-order valence-corrected chi connectivity index (χ4v) is 3.71. The molecule has 0 atom stereocenters. The zero-order valence-corrected chi connectivity index (χ0v) is 12.2. The molecule has 0 bridgehead atoms. The minimum Gasteiger partial charge on any atom is -0.338 e. The van der Waals surface area contributed by atoms with Gasteiger partial charge < -0.3 is 9.79 Å². The second kappa shape index (κ2) is 9.00. The first-order chi connectivity index (χ1) is 6.92. The number of unbranched alkanes of at least 4 members (excludes halogenated alkanes) is 4. The van der Waals surface area contributed by atoms with Crippen molar-refractivity contribution in [1.82, 2.24) is 0 Å². The Bertz CT molecular complexity index is 192. The number of hydrogen-bond donors (Lipinski definition) is 2. The van der Waals surface area contributed by atoms with E-state index in [2.05, 4.69) is 25.7 Å². The molecule has 0 fully saturated rings. The third-order valence-electron chi connectivity index (χ3n) is 2.19. The van der Waals surface area contributed by atoms with E-state index in [-0.39, 0.29) is 0 Å². The van der Waals surface area contributed by atoms with Gasteiger partial charge in [0.25, 0.3) is 0 Å². The maximum absolute atomic E-state index is 8.96. The molecular formula is C10H23O2PS2. The highest BCUT2D eigenvalue weighted by molar-refractivity contribution is 8.67. The van der Waals surface area contributed by atoms with Gasteiger partial charge in [-0.3, -0.25) is 0 Å². The summed E-state index contributed by atoms with van der Waals surface area (Å²) in [5.74, 6) is 1.60. The van der Waals surface area contributed by atoms with Crippen molar-refractivity contribution in [3.8, 4) is 0 Å². The van der Waals surface area contributed by atoms with Crippen molar-refractivity contribution in [3.05, 3.63) is 0 Å². The number of rotatable bonds is 9. The van der Waals surface area contributed by atoms with Crippen molar-refractivity contribution in [2.45, 2.75) is 52.4 Å². The summed E-state index contributed by atoms with van der Waals surface area (Å²) in [6.45, 7) is 4.51. The summed E-state index contributed by atoms with van der Waals surface area (Å²) in [5, 5.41) is 0. The van der Waals surface area contributed by atoms with Gasteiger partial charge in [-0.05, 0) is 24.1 Å². The smallest absolute Gasteiger partial charge is 0.242 e. The summed E-state index contributed by atoms with van der Waals surface area (Å²) < 4.78 is 0. The van der Waals surface area contributed by atoms with Crippen molar-refractivity contribution >= 4 is 28.9 Å². The lowest BCUT2D eigenvalue weighted by atomic mass is 10.0. The van der Waals surface area contributed by atoms with Crippen LogP contribution in [0, 0.1) is 5.92 Å². The Labute approximate surface area is 103 Å². The lowest BCUT2D eigenvalue weighted by Crippen LogP contribution is -1.87. The molecule has 0 saturated carbocycles. The zero-order valence-electron chi connectivity index (χ0n) is 9.69. The summed E-state index contributed by atoms with van der Waals surface area (Å²) in [5.41, 5.74) is -2.99. The number of hydrogen-bond acceptors (Lipinski definition) is 2. The Morgan fingerprint density at radius 1 is 1.07 bits per heavy atom. The van der Waals surface area contributed by atoms with Gasteiger partial charge >= 0.3 is 0 Å². The van der Waals surface area contributed by atoms with Crippen LogP contribution in [-0.2, 0) is 11.8 Å². The molecule has 0 radical (unpaired) electrons. The van der Waals surface area contributed by atoms with Crippen LogP contribution in [-0.4, -0.2) is 15.5 Å². The average molecular weight is 270 g/mol. The zero-order chi connectivity index (χ0) is 11.7. The molecule has 2 nitrogen and oxygen atoms in total. The highest BCUT2D eigenvalue weighted by Gasteiger charge is 2.06. The van der Waals surface area contributed by atoms with Gasteiger partial charge in [0.05, 0.1) is 0 Å². The predicted octanol–water partition coefficient (Wildman–Crippen LogP) is 3.93. The van der Waals surface area contributed by atoms with E-state index in [1.54, 1.807) is 0 Å². The average Bonchev–Trinajstić information content (AvgIpc) is 2.07. The van der Waals surface area contributed by atoms with Crippen LogP contribution in [0.3, 0.4) is 0 Å². The summed E-state index contributed by atoms with van der Waals surface area (Å²) in [4.78, 5) is 17.9. The van der Waals surface area contributed by atoms with Crippen LogP contribution < -0.4 is 0 Å². The molecule has 0 aliphatic carbocycles. The summed E-state index contributed by atoms with van der Waals surface area (Å²) in [6, 6.07) is 0. The minimum atomic E-state index is -2.99. The van der Waals surface area contributed by atoms with Crippen LogP contribution in [0.5, 0.6) is 0 Å². The quantitative estimate of drug-likeness (QED) is 0.492. The van der Waals surface area contributed by atoms with Gasteiger partial charge in [0.1, 0.15) is 0 Å². The lowest BCUT2D eigenvalue weighted by Gasteiger charge is -2.06. The summed E-state index contributed by atoms with van der Waals surface area (Å²) in [7, 11) is 0. The first kappa shape index (κ1) is 15.9. The minimum absolute atomic E-state index is 0.786. The van der Waals surface area contributed by atoms with Gasteiger partial charge in [0, 0.05) is 5.75 Å². The highest BCUT2D eigenvalue weighted by atomic mass is 32.9. The lowest BCUT2D eigenvalue weighted by molar-refractivity contribution is 0.502. The first-order valence-electron chi connectivity index (χ1n) is 5.62. The van der Waals surface area contributed by atoms with Crippen LogP contribution in [0.2, 0.25) is 0 Å². The Morgan fingerprint density at radius 2 is 1.60 bits per heavy atom. The Hall–Kier alpha value is 0.920. The topological polar surface area (TPSA) is 40.5 Å². The monoisotopic (exact) mass is 270 g/mol. The predicted molar refractivity (Wildman–Crippen MR) is 73.7 cm³/mol. The molecule has 0 aromatic rings. The molecule has 2 N–H and O–H groups in total. The van der Waals surface area contributed by atoms with Crippen molar-refractivity contribution in [1.29, 1.82) is 0 Å². The van der Waals surface area contributed by atoms with Gasteiger partial charge in [-0.2, -0.15) is 0 Å². The van der Waals surface area contributed by atoms with E-state index in [9.17, 15) is 0 Å². The van der Waals surface area contributed by atoms with Gasteiger partial charge in [-0.1, -0.05) is 57.3 Å². The molecule has 0 amide bonds. The highest BCUT2D eigenvalue weighted by Crippen LogP contribution is 2.50. The molecule has 0 aromatic heterocycles. The van der Waals surface area contributed by atoms with Gasteiger partial charge in [0.2, 0.25) is 5.69 Å². The van der Waals surface area contributed by atoms with E-state index in [1.807, 2.05) is 0 Å². The van der Waals surface area contributed by atoms with E-state index in [0.29, 0.717) is 0 Å². The first-order valence-corrected chi connectivity index (χ1v) is 9.92. The van der Waals surface area contributed by atoms with Crippen molar-refractivity contribution in [2.75, 3.05) is 5.75 Å². The van der Waals surface area contributed by atoms with Gasteiger partial charge in [-0.15, -0.1) is 0 Å². The van der Waals surface area contributed by atoms with Crippen LogP contribution in [0.15, 0.2) is 0 Å². The fourth-order valence-electron chi connectivity index (χ4n) is 1.37. The normalized spacial score (nSPS) is 12.3. The molecule has 0 heterocycles. The molecule has 0 spiro atoms. The largest absolute Gasteiger partial charge is 0.338 e. The Kier molecular flexibility index (Phi) is 9.55. The summed E-state index contributed by atoms with van der Waals surface area (Å²) >= 11 is 5.66. The van der Waals surface area contributed by atoms with Gasteiger partial charge in [0.15, 0.2) is 0 Å². The molecule has 0 rings (SSSR count). The van der Waals surface area contributed by atoms with Gasteiger partial charge in [-0.25, -0.2) is 0 Å².